The highest BCUT2D eigenvalue weighted by Gasteiger charge is 2.53. The first-order chi connectivity index (χ1) is 16.0. The van der Waals surface area contributed by atoms with Crippen molar-refractivity contribution in [2.45, 2.75) is 69.1 Å². The molecule has 188 valence electrons. The Morgan fingerprint density at radius 3 is 2.53 bits per heavy atom. The Morgan fingerprint density at radius 2 is 1.91 bits per heavy atom. The molecule has 0 bridgehead atoms. The van der Waals surface area contributed by atoms with Gasteiger partial charge < -0.3 is 45.5 Å². The van der Waals surface area contributed by atoms with Gasteiger partial charge in [-0.3, -0.25) is 19.1 Å². The first kappa shape index (κ1) is 24.6. The Kier molecular flexibility index (Phi) is 6.71. The summed E-state index contributed by atoms with van der Waals surface area (Å²) in [5.74, 6) is -1.35. The number of nitrogens with one attached hydrogen (secondary N) is 1. The largest absolute Gasteiger partial charge is 0.394 e. The number of hydrogen-bond donors (Lipinski definition) is 7. The van der Waals surface area contributed by atoms with Crippen LogP contribution >= 0.6 is 0 Å². The van der Waals surface area contributed by atoms with Crippen LogP contribution in [0.15, 0.2) is 11.1 Å². The zero-order valence-electron chi connectivity index (χ0n) is 18.3. The number of carbonyl (C=O) groups excluding carboxylic acids is 1. The van der Waals surface area contributed by atoms with Gasteiger partial charge in [0.2, 0.25) is 5.95 Å². The average molecular weight is 485 g/mol. The van der Waals surface area contributed by atoms with Crippen molar-refractivity contribution in [3.05, 3.63) is 16.7 Å². The quantitative estimate of drug-likeness (QED) is 0.201. The summed E-state index contributed by atoms with van der Waals surface area (Å²) < 4.78 is 17.9. The molecule has 2 aromatic rings. The molecule has 2 unspecified atom stereocenters. The number of ketones is 1. The third kappa shape index (κ3) is 4.09. The summed E-state index contributed by atoms with van der Waals surface area (Å²) in [6.07, 6.45) is -12.1. The molecule has 2 aliphatic heterocycles. The van der Waals surface area contributed by atoms with Crippen LogP contribution in [-0.4, -0.2) is 106 Å². The van der Waals surface area contributed by atoms with Crippen molar-refractivity contribution in [3.63, 3.8) is 0 Å². The number of H-pyrrole nitrogens is 1. The molecule has 9 atom stereocenters. The van der Waals surface area contributed by atoms with Crippen molar-refractivity contribution in [2.75, 3.05) is 12.3 Å². The molecule has 0 aromatic carbocycles. The molecule has 4 heterocycles. The number of rotatable bonds is 7. The van der Waals surface area contributed by atoms with Gasteiger partial charge in [-0.25, -0.2) is 4.98 Å². The first-order valence-corrected chi connectivity index (χ1v) is 10.6. The summed E-state index contributed by atoms with van der Waals surface area (Å²) in [6, 6.07) is 0. The third-order valence-corrected chi connectivity index (χ3v) is 5.93. The van der Waals surface area contributed by atoms with Gasteiger partial charge in [-0.2, -0.15) is 4.98 Å². The van der Waals surface area contributed by atoms with Gasteiger partial charge in [0.25, 0.3) is 5.56 Å². The van der Waals surface area contributed by atoms with Crippen molar-refractivity contribution in [1.82, 2.24) is 19.5 Å². The van der Waals surface area contributed by atoms with Crippen LogP contribution in [0.3, 0.4) is 0 Å². The Bertz CT molecular complexity index is 1100. The number of Topliss-reactive ketones (excluding diaryl/α,β-unsaturated/α-hetero) is 1. The van der Waals surface area contributed by atoms with Gasteiger partial charge >= 0.3 is 0 Å². The molecule has 2 aliphatic rings. The number of nitrogens with two attached hydrogens (primary N) is 1. The molecule has 0 amide bonds. The van der Waals surface area contributed by atoms with Crippen molar-refractivity contribution >= 4 is 22.9 Å². The van der Waals surface area contributed by atoms with Gasteiger partial charge in [0, 0.05) is 5.92 Å². The highest BCUT2D eigenvalue weighted by Crippen LogP contribution is 2.35. The predicted octanol–water partition coefficient (Wildman–Crippen LogP) is -3.63. The predicted molar refractivity (Wildman–Crippen MR) is 111 cm³/mol. The molecule has 0 spiro atoms. The Hall–Kier alpha value is -2.50. The van der Waals surface area contributed by atoms with E-state index in [0.717, 1.165) is 0 Å². The molecule has 4 rings (SSSR count). The molecular formula is C19H27N5O10. The van der Waals surface area contributed by atoms with E-state index in [1.807, 2.05) is 0 Å². The molecule has 15 heteroatoms. The smallest absolute Gasteiger partial charge is 0.280 e. The lowest BCUT2D eigenvalue weighted by Crippen LogP contribution is -2.49. The fourth-order valence-corrected chi connectivity index (χ4v) is 4.05. The number of nitrogens with zero attached hydrogens (tertiary/aromatic N) is 3. The van der Waals surface area contributed by atoms with E-state index in [4.69, 9.17) is 19.9 Å². The van der Waals surface area contributed by atoms with Gasteiger partial charge in [0.1, 0.15) is 42.7 Å². The highest BCUT2D eigenvalue weighted by molar-refractivity contribution is 5.85. The number of hydrogen-bond acceptors (Lipinski definition) is 13. The van der Waals surface area contributed by atoms with Crippen molar-refractivity contribution in [2.24, 2.45) is 5.92 Å². The summed E-state index contributed by atoms with van der Waals surface area (Å²) in [4.78, 5) is 35.3. The molecule has 0 aliphatic carbocycles. The topological polar surface area (TPSA) is 236 Å². The Labute approximate surface area is 191 Å². The molecule has 0 radical (unpaired) electrons. The lowest BCUT2D eigenvalue weighted by atomic mass is 9.96. The van der Waals surface area contributed by atoms with Gasteiger partial charge in [0.15, 0.2) is 29.5 Å². The van der Waals surface area contributed by atoms with Crippen LogP contribution < -0.4 is 11.3 Å². The standard InChI is InChI=1S/C19H27N5O10/c1-5(2)8(26)13(34-18-12(30)9(27)6(3-25)32-18)14-10(28)11(29)17(33-14)24-4-21-7-15(24)22-19(20)23-16(7)31/h4-6,9-14,17-18,25,27-30H,3H2,1-2H3,(H3,20,22,23,31)/t6-,9-,10+,11-,12+,13?,14+,17-,18?/m1/s1. The number of aliphatic hydroxyl groups is 5. The van der Waals surface area contributed by atoms with E-state index in [1.165, 1.54) is 10.9 Å². The number of nitrogen functional groups attached to an aromatic ring is 1. The number of aromatic amines is 1. The molecule has 8 N–H and O–H groups in total. The Morgan fingerprint density at radius 1 is 1.21 bits per heavy atom. The van der Waals surface area contributed by atoms with Crippen LogP contribution in [0.25, 0.3) is 11.2 Å². The second kappa shape index (κ2) is 9.27. The molecule has 2 aromatic heterocycles. The minimum absolute atomic E-state index is 0.0192. The summed E-state index contributed by atoms with van der Waals surface area (Å²) in [6.45, 7) is 2.55. The number of carbonyl (C=O) groups is 1. The summed E-state index contributed by atoms with van der Waals surface area (Å²) >= 11 is 0. The van der Waals surface area contributed by atoms with Gasteiger partial charge in [0.05, 0.1) is 12.9 Å². The normalized spacial score (nSPS) is 34.8. The molecule has 0 saturated carbocycles. The van der Waals surface area contributed by atoms with Crippen LogP contribution in [0.1, 0.15) is 20.1 Å². The van der Waals surface area contributed by atoms with Crippen molar-refractivity contribution in [3.8, 4) is 0 Å². The molecule has 15 nitrogen and oxygen atoms in total. The Balaban J connectivity index is 1.64. The number of aliphatic hydroxyl groups excluding tert-OH is 5. The lowest BCUT2D eigenvalue weighted by Gasteiger charge is -2.29. The maximum absolute atomic E-state index is 13.0. The van der Waals surface area contributed by atoms with Gasteiger partial charge in [-0.05, 0) is 0 Å². The van der Waals surface area contributed by atoms with E-state index >= 15 is 0 Å². The summed E-state index contributed by atoms with van der Waals surface area (Å²) in [7, 11) is 0. The van der Waals surface area contributed by atoms with E-state index in [2.05, 4.69) is 15.0 Å². The van der Waals surface area contributed by atoms with E-state index in [0.29, 0.717) is 0 Å². The van der Waals surface area contributed by atoms with Crippen LogP contribution in [0.2, 0.25) is 0 Å². The lowest BCUT2D eigenvalue weighted by molar-refractivity contribution is -0.221. The fourth-order valence-electron chi connectivity index (χ4n) is 4.05. The van der Waals surface area contributed by atoms with Gasteiger partial charge in [-0.15, -0.1) is 0 Å². The summed E-state index contributed by atoms with van der Waals surface area (Å²) in [5, 5.41) is 51.0. The van der Waals surface area contributed by atoms with Crippen LogP contribution in [0, 0.1) is 5.92 Å². The first-order valence-electron chi connectivity index (χ1n) is 10.6. The number of anilines is 1. The minimum Gasteiger partial charge on any atom is -0.394 e. The third-order valence-electron chi connectivity index (χ3n) is 5.93. The molecule has 2 fully saturated rings. The molecule has 2 saturated heterocycles. The minimum atomic E-state index is -1.65. The molecular weight excluding hydrogens is 458 g/mol. The van der Waals surface area contributed by atoms with Gasteiger partial charge in [-0.1, -0.05) is 13.8 Å². The average Bonchev–Trinajstić information content (AvgIpc) is 3.42. The molecule has 34 heavy (non-hydrogen) atoms. The maximum atomic E-state index is 13.0. The fraction of sp³-hybridized carbons (Fsp3) is 0.684. The van der Waals surface area contributed by atoms with Crippen LogP contribution in [-0.2, 0) is 19.0 Å². The zero-order valence-corrected chi connectivity index (χ0v) is 18.3. The SMILES string of the molecule is CC(C)C(=O)C(OC1O[C@H](CO)[C@@H](O)[C@@H]1O)[C@H]1O[C@@H](n2cnc3c(=O)[nH]c(N)nc32)[C@H](O)[C@@H]1O. The second-order valence-corrected chi connectivity index (χ2v) is 8.57. The second-order valence-electron chi connectivity index (χ2n) is 8.57. The van der Waals surface area contributed by atoms with Crippen LogP contribution in [0.5, 0.6) is 0 Å². The summed E-state index contributed by atoms with van der Waals surface area (Å²) in [5.41, 5.74) is 4.88. The zero-order chi connectivity index (χ0) is 24.9. The van der Waals surface area contributed by atoms with E-state index in [9.17, 15) is 35.1 Å². The van der Waals surface area contributed by atoms with Crippen molar-refractivity contribution < 1.29 is 44.5 Å². The monoisotopic (exact) mass is 485 g/mol. The van der Waals surface area contributed by atoms with E-state index in [1.54, 1.807) is 13.8 Å². The van der Waals surface area contributed by atoms with Crippen molar-refractivity contribution in [1.29, 1.82) is 0 Å². The highest BCUT2D eigenvalue weighted by atomic mass is 16.7. The van der Waals surface area contributed by atoms with E-state index in [-0.39, 0.29) is 17.1 Å². The number of fused-ring (bicyclic) bond motifs is 1. The maximum Gasteiger partial charge on any atom is 0.280 e. The van der Waals surface area contributed by atoms with E-state index < -0.39 is 79.1 Å². The van der Waals surface area contributed by atoms with Crippen LogP contribution in [0.4, 0.5) is 5.95 Å². The number of ether oxygens (including phenoxy) is 3. The number of aromatic nitrogens is 4. The number of imidazole rings is 1.